The number of ether oxygens (including phenoxy) is 3. The largest absolute Gasteiger partial charge is 0.462 e. The minimum Gasteiger partial charge on any atom is -0.462 e. The molecule has 0 rings (SSSR count). The molecule has 0 bridgehead atoms. The molecule has 1 atom stereocenters. The van der Waals surface area contributed by atoms with Crippen LogP contribution < -0.4 is 0 Å². The Kier molecular flexibility index (Phi) is 45.9. The smallest absolute Gasteiger partial charge is 0.306 e. The standard InChI is InChI=1S/C53H94O6/c1-4-7-10-13-16-19-22-25-27-29-31-34-37-40-43-46-52(55)58-49-50(48-57-51(54)45-42-39-36-33-30-24-21-18-15-12-9-6-3)59-53(56)47-44-41-38-35-32-28-26-23-20-17-14-11-8-5-2/h7,10,16,18-19,21,25,27,50H,4-6,8-9,11-15,17,20,22-24,26,28-49H2,1-3H3/b10-7-,19-16-,21-18-,27-25-/t50-/m1/s1. The van der Waals surface area contributed by atoms with Crippen molar-refractivity contribution in [2.45, 2.75) is 258 Å². The van der Waals surface area contributed by atoms with E-state index in [9.17, 15) is 14.4 Å². The van der Waals surface area contributed by atoms with E-state index in [-0.39, 0.29) is 31.1 Å². The fourth-order valence-electron chi connectivity index (χ4n) is 7.04. The summed E-state index contributed by atoms with van der Waals surface area (Å²) < 4.78 is 16.8. The summed E-state index contributed by atoms with van der Waals surface area (Å²) in [6.07, 6.45) is 56.6. The monoisotopic (exact) mass is 827 g/mol. The maximum absolute atomic E-state index is 12.8. The molecule has 6 nitrogen and oxygen atoms in total. The van der Waals surface area contributed by atoms with Gasteiger partial charge in [-0.05, 0) is 77.0 Å². The van der Waals surface area contributed by atoms with Gasteiger partial charge in [-0.15, -0.1) is 0 Å². The predicted molar refractivity (Wildman–Crippen MR) is 252 cm³/mol. The van der Waals surface area contributed by atoms with Crippen molar-refractivity contribution in [3.05, 3.63) is 48.6 Å². The van der Waals surface area contributed by atoms with E-state index in [0.717, 1.165) is 103 Å². The fraction of sp³-hybridized carbons (Fsp3) is 0.792. The molecule has 0 aliphatic carbocycles. The second kappa shape index (κ2) is 48.0. The molecule has 0 unspecified atom stereocenters. The van der Waals surface area contributed by atoms with Crippen LogP contribution in [-0.2, 0) is 28.6 Å². The summed E-state index contributed by atoms with van der Waals surface area (Å²) >= 11 is 0. The third-order valence-electron chi connectivity index (χ3n) is 10.8. The lowest BCUT2D eigenvalue weighted by Crippen LogP contribution is -2.30. The summed E-state index contributed by atoms with van der Waals surface area (Å²) in [5, 5.41) is 0. The number of hydrogen-bond donors (Lipinski definition) is 0. The normalized spacial score (nSPS) is 12.4. The van der Waals surface area contributed by atoms with Crippen LogP contribution in [0.2, 0.25) is 0 Å². The van der Waals surface area contributed by atoms with Gasteiger partial charge in [-0.3, -0.25) is 14.4 Å². The van der Waals surface area contributed by atoms with Gasteiger partial charge in [-0.25, -0.2) is 0 Å². The van der Waals surface area contributed by atoms with E-state index < -0.39 is 6.10 Å². The summed E-state index contributed by atoms with van der Waals surface area (Å²) in [5.41, 5.74) is 0. The van der Waals surface area contributed by atoms with E-state index >= 15 is 0 Å². The zero-order chi connectivity index (χ0) is 43.0. The summed E-state index contributed by atoms with van der Waals surface area (Å²) in [4.78, 5) is 37.9. The van der Waals surface area contributed by atoms with E-state index in [4.69, 9.17) is 14.2 Å². The second-order valence-corrected chi connectivity index (χ2v) is 16.7. The van der Waals surface area contributed by atoms with Crippen LogP contribution in [0.4, 0.5) is 0 Å². The molecule has 0 aliphatic heterocycles. The van der Waals surface area contributed by atoms with Gasteiger partial charge < -0.3 is 14.2 Å². The van der Waals surface area contributed by atoms with Crippen LogP contribution in [-0.4, -0.2) is 37.2 Å². The van der Waals surface area contributed by atoms with Crippen molar-refractivity contribution in [2.75, 3.05) is 13.2 Å². The number of carbonyl (C=O) groups is 3. The van der Waals surface area contributed by atoms with Crippen molar-refractivity contribution in [1.82, 2.24) is 0 Å². The zero-order valence-corrected chi connectivity index (χ0v) is 39.0. The average molecular weight is 827 g/mol. The number of allylic oxidation sites excluding steroid dienone is 8. The number of unbranched alkanes of at least 4 members (excludes halogenated alkanes) is 26. The summed E-state index contributed by atoms with van der Waals surface area (Å²) in [6, 6.07) is 0. The molecule has 0 N–H and O–H groups in total. The molecule has 0 aliphatic rings. The van der Waals surface area contributed by atoms with Crippen molar-refractivity contribution in [3.63, 3.8) is 0 Å². The summed E-state index contributed by atoms with van der Waals surface area (Å²) in [7, 11) is 0. The van der Waals surface area contributed by atoms with Crippen molar-refractivity contribution in [1.29, 1.82) is 0 Å². The molecule has 6 heteroatoms. The molecule has 0 aromatic rings. The van der Waals surface area contributed by atoms with E-state index in [2.05, 4.69) is 69.4 Å². The van der Waals surface area contributed by atoms with Gasteiger partial charge in [0.05, 0.1) is 0 Å². The van der Waals surface area contributed by atoms with Gasteiger partial charge in [-0.2, -0.15) is 0 Å². The van der Waals surface area contributed by atoms with Gasteiger partial charge in [0.2, 0.25) is 0 Å². The first kappa shape index (κ1) is 56.4. The van der Waals surface area contributed by atoms with E-state index in [1.165, 1.54) is 109 Å². The molecule has 342 valence electrons. The van der Waals surface area contributed by atoms with Gasteiger partial charge in [-0.1, -0.05) is 204 Å². The van der Waals surface area contributed by atoms with Gasteiger partial charge in [0, 0.05) is 19.3 Å². The first-order chi connectivity index (χ1) is 29.0. The van der Waals surface area contributed by atoms with E-state index in [1.54, 1.807) is 0 Å². The highest BCUT2D eigenvalue weighted by Crippen LogP contribution is 2.15. The minimum atomic E-state index is -0.779. The fourth-order valence-corrected chi connectivity index (χ4v) is 7.04. The molecular weight excluding hydrogens is 733 g/mol. The van der Waals surface area contributed by atoms with Crippen molar-refractivity contribution in [2.24, 2.45) is 0 Å². The van der Waals surface area contributed by atoms with Crippen molar-refractivity contribution in [3.8, 4) is 0 Å². The quantitative estimate of drug-likeness (QED) is 0.0263. The topological polar surface area (TPSA) is 78.9 Å². The molecule has 0 saturated carbocycles. The highest BCUT2D eigenvalue weighted by atomic mass is 16.6. The lowest BCUT2D eigenvalue weighted by atomic mass is 10.0. The predicted octanol–water partition coefficient (Wildman–Crippen LogP) is 16.3. The molecule has 0 spiro atoms. The van der Waals surface area contributed by atoms with Gasteiger partial charge >= 0.3 is 17.9 Å². The van der Waals surface area contributed by atoms with Gasteiger partial charge in [0.1, 0.15) is 13.2 Å². The minimum absolute atomic E-state index is 0.0811. The Morgan fingerprint density at radius 1 is 0.356 bits per heavy atom. The molecule has 0 heterocycles. The van der Waals surface area contributed by atoms with E-state index in [0.29, 0.717) is 19.3 Å². The lowest BCUT2D eigenvalue weighted by Gasteiger charge is -2.18. The molecule has 0 aromatic heterocycles. The SMILES string of the molecule is CC/C=C\C/C=C\C/C=C\CCCCCCCC(=O)OC[C@@H](COC(=O)CCCCCCC/C=C\CCCCC)OC(=O)CCCCCCCCCCCCCCCC. The van der Waals surface area contributed by atoms with Gasteiger partial charge in [0.15, 0.2) is 6.10 Å². The number of rotatable bonds is 45. The Hall–Kier alpha value is -2.63. The lowest BCUT2D eigenvalue weighted by molar-refractivity contribution is -0.167. The highest BCUT2D eigenvalue weighted by Gasteiger charge is 2.19. The Bertz CT molecular complexity index is 1040. The molecule has 59 heavy (non-hydrogen) atoms. The Morgan fingerprint density at radius 2 is 0.661 bits per heavy atom. The number of esters is 3. The maximum atomic E-state index is 12.8. The Labute approximate surface area is 365 Å². The molecular formula is C53H94O6. The Morgan fingerprint density at radius 3 is 1.08 bits per heavy atom. The zero-order valence-electron chi connectivity index (χ0n) is 39.0. The first-order valence-corrected chi connectivity index (χ1v) is 25.1. The number of carbonyl (C=O) groups excluding carboxylic acids is 3. The van der Waals surface area contributed by atoms with Crippen molar-refractivity contribution < 1.29 is 28.6 Å². The third kappa shape index (κ3) is 46.3. The molecule has 0 amide bonds. The molecule has 0 radical (unpaired) electrons. The van der Waals surface area contributed by atoms with Crippen molar-refractivity contribution >= 4 is 17.9 Å². The summed E-state index contributed by atoms with van der Waals surface area (Å²) in [6.45, 7) is 6.49. The van der Waals surface area contributed by atoms with Crippen LogP contribution >= 0.6 is 0 Å². The summed E-state index contributed by atoms with van der Waals surface area (Å²) in [5.74, 6) is -0.900. The molecule has 0 saturated heterocycles. The maximum Gasteiger partial charge on any atom is 0.306 e. The van der Waals surface area contributed by atoms with Crippen LogP contribution in [0.1, 0.15) is 252 Å². The average Bonchev–Trinajstić information content (AvgIpc) is 3.23. The van der Waals surface area contributed by atoms with Gasteiger partial charge in [0.25, 0.3) is 0 Å². The van der Waals surface area contributed by atoms with Crippen LogP contribution in [0.15, 0.2) is 48.6 Å². The molecule has 0 aromatic carbocycles. The first-order valence-electron chi connectivity index (χ1n) is 25.1. The second-order valence-electron chi connectivity index (χ2n) is 16.7. The van der Waals surface area contributed by atoms with Crippen LogP contribution in [0, 0.1) is 0 Å². The van der Waals surface area contributed by atoms with E-state index in [1.807, 2.05) is 0 Å². The molecule has 0 fully saturated rings. The number of hydrogen-bond acceptors (Lipinski definition) is 6. The highest BCUT2D eigenvalue weighted by molar-refractivity contribution is 5.71. The van der Waals surface area contributed by atoms with Crippen LogP contribution in [0.25, 0.3) is 0 Å². The third-order valence-corrected chi connectivity index (χ3v) is 10.8. The Balaban J connectivity index is 4.39. The van der Waals surface area contributed by atoms with Crippen LogP contribution in [0.5, 0.6) is 0 Å². The van der Waals surface area contributed by atoms with Crippen LogP contribution in [0.3, 0.4) is 0 Å².